The molecule has 18 heavy (non-hydrogen) atoms. The Hall–Kier alpha value is -1.04. The summed E-state index contributed by atoms with van der Waals surface area (Å²) in [5.41, 5.74) is 0. The summed E-state index contributed by atoms with van der Waals surface area (Å²) in [4.78, 5) is 5.88. The lowest BCUT2D eigenvalue weighted by atomic mass is 10.2. The van der Waals surface area contributed by atoms with E-state index < -0.39 is 11.6 Å². The van der Waals surface area contributed by atoms with Crippen molar-refractivity contribution < 1.29 is 8.78 Å². The highest BCUT2D eigenvalue weighted by Crippen LogP contribution is 2.28. The molecule has 1 unspecified atom stereocenters. The van der Waals surface area contributed by atoms with E-state index in [-0.39, 0.29) is 17.7 Å². The molecule has 0 radical (unpaired) electrons. The molecule has 1 N–H and O–H groups in total. The first-order valence-corrected chi connectivity index (χ1v) is 7.19. The van der Waals surface area contributed by atoms with Gasteiger partial charge < -0.3 is 10.2 Å². The van der Waals surface area contributed by atoms with Gasteiger partial charge in [-0.2, -0.15) is 11.8 Å². The van der Waals surface area contributed by atoms with E-state index >= 15 is 0 Å². The summed E-state index contributed by atoms with van der Waals surface area (Å²) < 4.78 is 27.3. The van der Waals surface area contributed by atoms with Crippen LogP contribution >= 0.6 is 11.8 Å². The minimum absolute atomic E-state index is 0.117. The summed E-state index contributed by atoms with van der Waals surface area (Å²) in [6, 6.07) is 1.18. The molecule has 6 heteroatoms. The zero-order chi connectivity index (χ0) is 13.1. The van der Waals surface area contributed by atoms with E-state index in [1.165, 1.54) is 0 Å². The summed E-state index contributed by atoms with van der Waals surface area (Å²) >= 11 is 1.85. The molecule has 2 rings (SSSR count). The van der Waals surface area contributed by atoms with Crippen molar-refractivity contribution in [1.29, 1.82) is 0 Å². The molecular weight excluding hydrogens is 256 g/mol. The van der Waals surface area contributed by atoms with Crippen LogP contribution in [0.2, 0.25) is 0 Å². The highest BCUT2D eigenvalue weighted by atomic mass is 32.2. The normalized spacial score (nSPS) is 19.0. The molecule has 100 valence electrons. The van der Waals surface area contributed by atoms with Crippen molar-refractivity contribution in [3.8, 4) is 0 Å². The van der Waals surface area contributed by atoms with Crippen molar-refractivity contribution in [3.63, 3.8) is 0 Å². The van der Waals surface area contributed by atoms with Gasteiger partial charge in [-0.15, -0.1) is 0 Å². The van der Waals surface area contributed by atoms with E-state index in [1.807, 2.05) is 30.6 Å². The van der Waals surface area contributed by atoms with Crippen LogP contribution in [0, 0.1) is 11.6 Å². The Morgan fingerprint density at radius 2 is 2.28 bits per heavy atom. The van der Waals surface area contributed by atoms with Gasteiger partial charge in [0.05, 0.1) is 0 Å². The maximum Gasteiger partial charge on any atom is 0.168 e. The Morgan fingerprint density at radius 3 is 2.89 bits per heavy atom. The predicted molar refractivity (Wildman–Crippen MR) is 72.4 cm³/mol. The molecule has 0 amide bonds. The first-order valence-electron chi connectivity index (χ1n) is 6.04. The molecule has 0 aromatic carbocycles. The van der Waals surface area contributed by atoms with Crippen LogP contribution < -0.4 is 10.2 Å². The standard InChI is InChI=1S/C12H17F2N3S/c1-3-15-11-9(13)6-10(14)12(16-11)17(2)8-4-5-18-7-8/h6,8H,3-5,7H2,1-2H3,(H,15,16). The van der Waals surface area contributed by atoms with Gasteiger partial charge in [-0.1, -0.05) is 0 Å². The van der Waals surface area contributed by atoms with Crippen molar-refractivity contribution in [2.75, 3.05) is 35.3 Å². The van der Waals surface area contributed by atoms with Crippen molar-refractivity contribution in [2.45, 2.75) is 19.4 Å². The van der Waals surface area contributed by atoms with Gasteiger partial charge in [0.2, 0.25) is 0 Å². The van der Waals surface area contributed by atoms with Gasteiger partial charge in [0.25, 0.3) is 0 Å². The lowest BCUT2D eigenvalue weighted by Crippen LogP contribution is -2.33. The topological polar surface area (TPSA) is 28.2 Å². The molecule has 1 aliphatic rings. The number of pyridine rings is 1. The van der Waals surface area contributed by atoms with Gasteiger partial charge in [-0.3, -0.25) is 0 Å². The number of anilines is 2. The van der Waals surface area contributed by atoms with Crippen LogP contribution in [0.1, 0.15) is 13.3 Å². The van der Waals surface area contributed by atoms with E-state index in [1.54, 1.807) is 0 Å². The summed E-state index contributed by atoms with van der Waals surface area (Å²) in [6.07, 6.45) is 1.01. The van der Waals surface area contributed by atoms with E-state index in [2.05, 4.69) is 10.3 Å². The van der Waals surface area contributed by atoms with Gasteiger partial charge in [0, 0.05) is 31.5 Å². The molecule has 1 atom stereocenters. The molecule has 0 spiro atoms. The van der Waals surface area contributed by atoms with E-state index in [0.29, 0.717) is 6.54 Å². The van der Waals surface area contributed by atoms with Crippen LogP contribution in [0.25, 0.3) is 0 Å². The van der Waals surface area contributed by atoms with Gasteiger partial charge in [0.1, 0.15) is 0 Å². The van der Waals surface area contributed by atoms with Crippen LogP contribution in [-0.2, 0) is 0 Å². The first kappa shape index (κ1) is 13.4. The largest absolute Gasteiger partial charge is 0.368 e. The van der Waals surface area contributed by atoms with Crippen LogP contribution in [-0.4, -0.2) is 36.1 Å². The smallest absolute Gasteiger partial charge is 0.168 e. The second-order valence-corrected chi connectivity index (χ2v) is 5.43. The summed E-state index contributed by atoms with van der Waals surface area (Å²) in [6.45, 7) is 2.40. The fourth-order valence-corrected chi connectivity index (χ4v) is 3.26. The molecule has 1 aromatic heterocycles. The van der Waals surface area contributed by atoms with Gasteiger partial charge in [0.15, 0.2) is 23.3 Å². The molecule has 1 saturated heterocycles. The average molecular weight is 273 g/mol. The van der Waals surface area contributed by atoms with E-state index in [0.717, 1.165) is 24.0 Å². The molecule has 0 saturated carbocycles. The molecule has 0 aliphatic carbocycles. The minimum atomic E-state index is -0.646. The molecule has 2 heterocycles. The van der Waals surface area contributed by atoms with Crippen molar-refractivity contribution in [1.82, 2.24) is 4.98 Å². The number of halogens is 2. The average Bonchev–Trinajstić information content (AvgIpc) is 2.85. The summed E-state index contributed by atoms with van der Waals surface area (Å²) in [7, 11) is 1.82. The summed E-state index contributed by atoms with van der Waals surface area (Å²) in [5, 5.41) is 2.80. The molecule has 1 fully saturated rings. The number of nitrogens with zero attached hydrogens (tertiary/aromatic N) is 2. The third-order valence-corrected chi connectivity index (χ3v) is 4.19. The fraction of sp³-hybridized carbons (Fsp3) is 0.583. The highest BCUT2D eigenvalue weighted by Gasteiger charge is 2.24. The Bertz CT molecular complexity index is 422. The Labute approximate surface area is 110 Å². The molecule has 0 bridgehead atoms. The lowest BCUT2D eigenvalue weighted by molar-refractivity contribution is 0.564. The monoisotopic (exact) mass is 273 g/mol. The Kier molecular flexibility index (Phi) is 4.27. The van der Waals surface area contributed by atoms with Crippen molar-refractivity contribution in [2.24, 2.45) is 0 Å². The molecule has 3 nitrogen and oxygen atoms in total. The van der Waals surface area contributed by atoms with Crippen molar-refractivity contribution >= 4 is 23.4 Å². The van der Waals surface area contributed by atoms with E-state index in [9.17, 15) is 8.78 Å². The van der Waals surface area contributed by atoms with Crippen LogP contribution in [0.3, 0.4) is 0 Å². The number of hydrogen-bond acceptors (Lipinski definition) is 4. The summed E-state index contributed by atoms with van der Waals surface area (Å²) in [5.74, 6) is 1.13. The van der Waals surface area contributed by atoms with Crippen LogP contribution in [0.15, 0.2) is 6.07 Å². The molecule has 1 aliphatic heterocycles. The number of hydrogen-bond donors (Lipinski definition) is 1. The molecular formula is C12H17F2N3S. The third kappa shape index (κ3) is 2.68. The third-order valence-electron chi connectivity index (χ3n) is 3.04. The predicted octanol–water partition coefficient (Wildman–Crippen LogP) is 2.73. The Morgan fingerprint density at radius 1 is 1.50 bits per heavy atom. The number of thioether (sulfide) groups is 1. The second kappa shape index (κ2) is 5.73. The fourth-order valence-electron chi connectivity index (χ4n) is 2.00. The van der Waals surface area contributed by atoms with Crippen LogP contribution in [0.4, 0.5) is 20.4 Å². The van der Waals surface area contributed by atoms with E-state index in [4.69, 9.17) is 0 Å². The Balaban J connectivity index is 2.27. The number of aromatic nitrogens is 1. The highest BCUT2D eigenvalue weighted by molar-refractivity contribution is 7.99. The SMILES string of the molecule is CCNc1nc(N(C)C2CCSC2)c(F)cc1F. The zero-order valence-corrected chi connectivity index (χ0v) is 11.4. The zero-order valence-electron chi connectivity index (χ0n) is 10.5. The first-order chi connectivity index (χ1) is 8.63. The molecule has 1 aromatic rings. The van der Waals surface area contributed by atoms with Gasteiger partial charge in [-0.25, -0.2) is 13.8 Å². The van der Waals surface area contributed by atoms with Crippen molar-refractivity contribution in [3.05, 3.63) is 17.7 Å². The van der Waals surface area contributed by atoms with Gasteiger partial charge >= 0.3 is 0 Å². The maximum absolute atomic E-state index is 13.8. The number of nitrogens with one attached hydrogen (secondary N) is 1. The lowest BCUT2D eigenvalue weighted by Gasteiger charge is -2.25. The number of rotatable bonds is 4. The maximum atomic E-state index is 13.8. The van der Waals surface area contributed by atoms with Crippen LogP contribution in [0.5, 0.6) is 0 Å². The van der Waals surface area contributed by atoms with Gasteiger partial charge in [-0.05, 0) is 19.1 Å². The minimum Gasteiger partial charge on any atom is -0.368 e. The quantitative estimate of drug-likeness (QED) is 0.913. The second-order valence-electron chi connectivity index (χ2n) is 4.28.